The summed E-state index contributed by atoms with van der Waals surface area (Å²) in [5.41, 5.74) is -0.453. The monoisotopic (exact) mass is 240 g/mol. The molecule has 88 valence electrons. The molecule has 1 aliphatic rings. The van der Waals surface area contributed by atoms with Crippen molar-refractivity contribution < 1.29 is 9.53 Å². The van der Waals surface area contributed by atoms with Crippen LogP contribution < -0.4 is 5.32 Å². The molecule has 1 saturated carbocycles. The summed E-state index contributed by atoms with van der Waals surface area (Å²) in [5, 5.41) is 4.06. The number of anilines is 1. The average Bonchev–Trinajstić information content (AvgIpc) is 2.78. The fourth-order valence-corrected chi connectivity index (χ4v) is 1.94. The molecule has 1 aliphatic carbocycles. The predicted octanol–water partition coefficient (Wildman–Crippen LogP) is 2.67. The third-order valence-corrected chi connectivity index (χ3v) is 2.92. The van der Waals surface area contributed by atoms with Crippen LogP contribution in [0.1, 0.15) is 43.3 Å². The lowest BCUT2D eigenvalue weighted by Crippen LogP contribution is -2.23. The molecule has 1 N–H and O–H groups in total. The van der Waals surface area contributed by atoms with E-state index < -0.39 is 5.60 Å². The minimum atomic E-state index is -0.453. The predicted molar refractivity (Wildman–Crippen MR) is 63.9 cm³/mol. The van der Waals surface area contributed by atoms with Crippen molar-refractivity contribution in [1.29, 1.82) is 0 Å². The van der Waals surface area contributed by atoms with Crippen LogP contribution >= 0.6 is 11.3 Å². The zero-order valence-corrected chi connectivity index (χ0v) is 10.6. The van der Waals surface area contributed by atoms with E-state index in [0.29, 0.717) is 10.9 Å². The number of hydrogen-bond donors (Lipinski definition) is 1. The molecule has 16 heavy (non-hydrogen) atoms. The van der Waals surface area contributed by atoms with Gasteiger partial charge in [-0.25, -0.2) is 9.78 Å². The Morgan fingerprint density at radius 2 is 2.25 bits per heavy atom. The summed E-state index contributed by atoms with van der Waals surface area (Å²) < 4.78 is 5.26. The van der Waals surface area contributed by atoms with Crippen LogP contribution in [0.5, 0.6) is 0 Å². The molecule has 0 aliphatic heterocycles. The van der Waals surface area contributed by atoms with Crippen molar-refractivity contribution in [3.05, 3.63) is 11.1 Å². The Kier molecular flexibility index (Phi) is 2.88. The summed E-state index contributed by atoms with van der Waals surface area (Å²) in [6, 6.07) is 0.553. The van der Waals surface area contributed by atoms with Crippen LogP contribution in [0.25, 0.3) is 0 Å². The van der Waals surface area contributed by atoms with E-state index >= 15 is 0 Å². The Morgan fingerprint density at radius 3 is 2.81 bits per heavy atom. The Balaban J connectivity index is 1.97. The van der Waals surface area contributed by atoms with Gasteiger partial charge in [0.15, 0.2) is 5.13 Å². The number of nitrogens with one attached hydrogen (secondary N) is 1. The molecule has 5 heteroatoms. The third-order valence-electron chi connectivity index (χ3n) is 2.01. The van der Waals surface area contributed by atoms with E-state index in [4.69, 9.17) is 4.74 Å². The van der Waals surface area contributed by atoms with Gasteiger partial charge in [-0.2, -0.15) is 0 Å². The minimum absolute atomic E-state index is 0.297. The number of esters is 1. The van der Waals surface area contributed by atoms with Crippen LogP contribution in [-0.2, 0) is 4.74 Å². The first kappa shape index (κ1) is 11.4. The highest BCUT2D eigenvalue weighted by Gasteiger charge is 2.24. The van der Waals surface area contributed by atoms with Gasteiger partial charge in [-0.3, -0.25) is 0 Å². The highest BCUT2D eigenvalue weighted by molar-refractivity contribution is 7.17. The van der Waals surface area contributed by atoms with Crippen LogP contribution in [0.15, 0.2) is 6.20 Å². The normalized spacial score (nSPS) is 15.9. The van der Waals surface area contributed by atoms with Crippen LogP contribution in [-0.4, -0.2) is 22.6 Å². The first-order valence-corrected chi connectivity index (χ1v) is 6.21. The fraction of sp³-hybridized carbons (Fsp3) is 0.636. The van der Waals surface area contributed by atoms with Crippen molar-refractivity contribution in [2.24, 2.45) is 0 Å². The molecule has 0 radical (unpaired) electrons. The molecular weight excluding hydrogens is 224 g/mol. The first-order valence-electron chi connectivity index (χ1n) is 5.40. The van der Waals surface area contributed by atoms with Gasteiger partial charge < -0.3 is 10.1 Å². The lowest BCUT2D eigenvalue weighted by molar-refractivity contribution is 0.00750. The fourth-order valence-electron chi connectivity index (χ4n) is 1.17. The molecule has 2 rings (SSSR count). The number of aromatic nitrogens is 1. The van der Waals surface area contributed by atoms with Gasteiger partial charge in [0.1, 0.15) is 10.5 Å². The minimum Gasteiger partial charge on any atom is -0.456 e. The number of carbonyl (C=O) groups excluding carboxylic acids is 1. The number of hydrogen-bond acceptors (Lipinski definition) is 5. The van der Waals surface area contributed by atoms with Gasteiger partial charge >= 0.3 is 5.97 Å². The number of rotatable bonds is 3. The van der Waals surface area contributed by atoms with Gasteiger partial charge in [0, 0.05) is 6.04 Å². The van der Waals surface area contributed by atoms with Crippen molar-refractivity contribution in [1.82, 2.24) is 4.98 Å². The van der Waals surface area contributed by atoms with Crippen LogP contribution in [0, 0.1) is 0 Å². The molecular formula is C11H16N2O2S. The zero-order chi connectivity index (χ0) is 11.8. The van der Waals surface area contributed by atoms with Gasteiger partial charge in [0.2, 0.25) is 0 Å². The van der Waals surface area contributed by atoms with Gasteiger partial charge in [-0.15, -0.1) is 0 Å². The standard InChI is InChI=1S/C11H16N2O2S/c1-11(2,3)15-9(14)8-6-12-10(16-8)13-7-4-5-7/h6-7H,4-5H2,1-3H3,(H,12,13). The number of thiazole rings is 1. The first-order chi connectivity index (χ1) is 7.44. The molecule has 1 fully saturated rings. The van der Waals surface area contributed by atoms with Crippen molar-refractivity contribution in [2.45, 2.75) is 45.3 Å². The Bertz CT molecular complexity index is 391. The summed E-state index contributed by atoms with van der Waals surface area (Å²) in [6.07, 6.45) is 3.96. The summed E-state index contributed by atoms with van der Waals surface area (Å²) in [7, 11) is 0. The maximum atomic E-state index is 11.7. The smallest absolute Gasteiger partial charge is 0.350 e. The second-order valence-electron chi connectivity index (χ2n) is 4.95. The van der Waals surface area contributed by atoms with E-state index in [9.17, 15) is 4.79 Å². The van der Waals surface area contributed by atoms with Gasteiger partial charge in [0.05, 0.1) is 6.20 Å². The summed E-state index contributed by atoms with van der Waals surface area (Å²) in [4.78, 5) is 16.4. The summed E-state index contributed by atoms with van der Waals surface area (Å²) in [6.45, 7) is 5.57. The van der Waals surface area contributed by atoms with E-state index in [-0.39, 0.29) is 5.97 Å². The van der Waals surface area contributed by atoms with Crippen LogP contribution in [0.2, 0.25) is 0 Å². The lowest BCUT2D eigenvalue weighted by atomic mass is 10.2. The van der Waals surface area contributed by atoms with Gasteiger partial charge in [-0.1, -0.05) is 11.3 Å². The quantitative estimate of drug-likeness (QED) is 0.825. The van der Waals surface area contributed by atoms with Gasteiger partial charge in [0.25, 0.3) is 0 Å². The van der Waals surface area contributed by atoms with Crippen molar-refractivity contribution in [3.8, 4) is 0 Å². The highest BCUT2D eigenvalue weighted by atomic mass is 32.1. The maximum Gasteiger partial charge on any atom is 0.350 e. The number of carbonyl (C=O) groups is 1. The molecule has 0 amide bonds. The number of ether oxygens (including phenoxy) is 1. The molecule has 1 heterocycles. The van der Waals surface area contributed by atoms with Crippen LogP contribution in [0.3, 0.4) is 0 Å². The Labute approximate surface area is 99.0 Å². The maximum absolute atomic E-state index is 11.7. The van der Waals surface area contributed by atoms with Crippen molar-refractivity contribution in [2.75, 3.05) is 5.32 Å². The lowest BCUT2D eigenvalue weighted by Gasteiger charge is -2.18. The molecule has 0 saturated heterocycles. The Hall–Kier alpha value is -1.10. The zero-order valence-electron chi connectivity index (χ0n) is 9.74. The van der Waals surface area contributed by atoms with Crippen molar-refractivity contribution in [3.63, 3.8) is 0 Å². The highest BCUT2D eigenvalue weighted by Crippen LogP contribution is 2.28. The molecule has 0 unspecified atom stereocenters. The second-order valence-corrected chi connectivity index (χ2v) is 5.98. The number of nitrogens with zero attached hydrogens (tertiary/aromatic N) is 1. The van der Waals surface area contributed by atoms with Crippen molar-refractivity contribution >= 4 is 22.4 Å². The van der Waals surface area contributed by atoms with E-state index in [1.54, 1.807) is 6.20 Å². The van der Waals surface area contributed by atoms with E-state index in [1.165, 1.54) is 24.2 Å². The summed E-state index contributed by atoms with van der Waals surface area (Å²) >= 11 is 1.35. The third kappa shape index (κ3) is 3.20. The van der Waals surface area contributed by atoms with E-state index in [2.05, 4.69) is 10.3 Å². The molecule has 1 aromatic heterocycles. The molecule has 0 spiro atoms. The largest absolute Gasteiger partial charge is 0.456 e. The molecule has 0 atom stereocenters. The molecule has 0 aromatic carbocycles. The van der Waals surface area contributed by atoms with E-state index in [0.717, 1.165) is 5.13 Å². The topological polar surface area (TPSA) is 51.2 Å². The molecule has 0 bridgehead atoms. The average molecular weight is 240 g/mol. The Morgan fingerprint density at radius 1 is 1.56 bits per heavy atom. The summed E-state index contributed by atoms with van der Waals surface area (Å²) in [5.74, 6) is -0.297. The van der Waals surface area contributed by atoms with Crippen LogP contribution in [0.4, 0.5) is 5.13 Å². The van der Waals surface area contributed by atoms with E-state index in [1.807, 2.05) is 20.8 Å². The molecule has 4 nitrogen and oxygen atoms in total. The SMILES string of the molecule is CC(C)(C)OC(=O)c1cnc(NC2CC2)s1. The molecule has 1 aromatic rings. The van der Waals surface area contributed by atoms with Gasteiger partial charge in [-0.05, 0) is 33.6 Å². The second kappa shape index (κ2) is 4.05.